The highest BCUT2D eigenvalue weighted by atomic mass is 35.5. The predicted molar refractivity (Wildman–Crippen MR) is 110 cm³/mol. The van der Waals surface area contributed by atoms with Gasteiger partial charge in [0.1, 0.15) is 0 Å². The van der Waals surface area contributed by atoms with Gasteiger partial charge in [-0.05, 0) is 62.9 Å². The van der Waals surface area contributed by atoms with Gasteiger partial charge in [0.05, 0.1) is 16.0 Å². The smallest absolute Gasteiger partial charge is 0.230 e. The number of halogens is 3. The summed E-state index contributed by atoms with van der Waals surface area (Å²) in [7, 11) is 0. The average Bonchev–Trinajstić information content (AvgIpc) is 3.24. The van der Waals surface area contributed by atoms with Crippen LogP contribution in [0, 0.1) is 0 Å². The first-order chi connectivity index (χ1) is 12.5. The van der Waals surface area contributed by atoms with Crippen LogP contribution in [0.1, 0.15) is 60.4 Å². The molecule has 0 unspecified atom stereocenters. The fraction of sp³-hybridized carbons (Fsp3) is 0.600. The summed E-state index contributed by atoms with van der Waals surface area (Å²) in [4.78, 5) is 30.3. The molecule has 148 valence electrons. The average molecular weight is 432 g/mol. The summed E-state index contributed by atoms with van der Waals surface area (Å²) in [6.45, 7) is 4.02. The summed E-state index contributed by atoms with van der Waals surface area (Å²) in [6.07, 6.45) is 6.00. The number of amides is 1. The van der Waals surface area contributed by atoms with Gasteiger partial charge in [-0.3, -0.25) is 9.59 Å². The molecule has 0 saturated carbocycles. The van der Waals surface area contributed by atoms with Crippen molar-refractivity contribution in [3.8, 4) is 0 Å². The molecule has 0 bridgehead atoms. The van der Waals surface area contributed by atoms with Crippen LogP contribution in [0.4, 0.5) is 0 Å². The SMILES string of the molecule is Cl.O=C1C[C@@H](C(=O)N2CCCC[C@H]2CN2CCCC2)c2cc(Cl)c(Cl)cc21. The van der Waals surface area contributed by atoms with E-state index in [0.29, 0.717) is 15.6 Å². The molecule has 4 rings (SSSR count). The van der Waals surface area contributed by atoms with E-state index in [1.54, 1.807) is 12.1 Å². The van der Waals surface area contributed by atoms with Crippen LogP contribution in [0.25, 0.3) is 0 Å². The van der Waals surface area contributed by atoms with Crippen molar-refractivity contribution in [3.63, 3.8) is 0 Å². The van der Waals surface area contributed by atoms with Gasteiger partial charge < -0.3 is 9.80 Å². The maximum absolute atomic E-state index is 13.4. The van der Waals surface area contributed by atoms with Crippen molar-refractivity contribution in [2.75, 3.05) is 26.2 Å². The molecule has 7 heteroatoms. The summed E-state index contributed by atoms with van der Waals surface area (Å²) < 4.78 is 0. The molecule has 1 amide bonds. The van der Waals surface area contributed by atoms with Crippen LogP contribution >= 0.6 is 35.6 Å². The number of Topliss-reactive ketones (excluding diaryl/α,β-unsaturated/α-hetero) is 1. The number of hydrogen-bond donors (Lipinski definition) is 0. The van der Waals surface area contributed by atoms with Crippen LogP contribution in [0.5, 0.6) is 0 Å². The first-order valence-corrected chi connectivity index (χ1v) is 10.3. The monoisotopic (exact) mass is 430 g/mol. The lowest BCUT2D eigenvalue weighted by atomic mass is 9.95. The number of rotatable bonds is 3. The zero-order chi connectivity index (χ0) is 18.3. The van der Waals surface area contributed by atoms with Gasteiger partial charge in [-0.15, -0.1) is 12.4 Å². The lowest BCUT2D eigenvalue weighted by Crippen LogP contribution is -2.50. The van der Waals surface area contributed by atoms with E-state index in [0.717, 1.165) is 44.6 Å². The Hall–Kier alpha value is -0.810. The van der Waals surface area contributed by atoms with E-state index in [1.807, 2.05) is 4.90 Å². The normalized spacial score (nSPS) is 25.4. The molecule has 0 radical (unpaired) electrons. The van der Waals surface area contributed by atoms with Crippen LogP contribution in [0.2, 0.25) is 10.0 Å². The highest BCUT2D eigenvalue weighted by molar-refractivity contribution is 6.42. The van der Waals surface area contributed by atoms with Crippen LogP contribution < -0.4 is 0 Å². The fourth-order valence-electron chi connectivity index (χ4n) is 4.66. The minimum Gasteiger partial charge on any atom is -0.338 e. The molecule has 2 heterocycles. The van der Waals surface area contributed by atoms with Crippen molar-refractivity contribution in [3.05, 3.63) is 33.3 Å². The van der Waals surface area contributed by atoms with E-state index in [-0.39, 0.29) is 36.6 Å². The van der Waals surface area contributed by atoms with Gasteiger partial charge >= 0.3 is 0 Å². The van der Waals surface area contributed by atoms with Crippen molar-refractivity contribution in [1.82, 2.24) is 9.80 Å². The van der Waals surface area contributed by atoms with E-state index >= 15 is 0 Å². The van der Waals surface area contributed by atoms with E-state index in [1.165, 1.54) is 19.3 Å². The van der Waals surface area contributed by atoms with Crippen molar-refractivity contribution in [2.45, 2.75) is 50.5 Å². The number of likely N-dealkylation sites (tertiary alicyclic amines) is 2. The highest BCUT2D eigenvalue weighted by Crippen LogP contribution is 2.39. The molecule has 2 fully saturated rings. The van der Waals surface area contributed by atoms with Gasteiger partial charge in [0.2, 0.25) is 5.91 Å². The van der Waals surface area contributed by atoms with E-state index in [4.69, 9.17) is 23.2 Å². The first-order valence-electron chi connectivity index (χ1n) is 9.59. The Labute approximate surface area is 176 Å². The number of fused-ring (bicyclic) bond motifs is 1. The largest absolute Gasteiger partial charge is 0.338 e. The zero-order valence-corrected chi connectivity index (χ0v) is 17.6. The van der Waals surface area contributed by atoms with Gasteiger partial charge in [-0.25, -0.2) is 0 Å². The zero-order valence-electron chi connectivity index (χ0n) is 15.3. The molecule has 0 aromatic heterocycles. The Bertz CT molecular complexity index is 734. The first kappa shape index (κ1) is 20.9. The Balaban J connectivity index is 0.00000210. The minimum absolute atomic E-state index is 0. The Kier molecular flexibility index (Phi) is 6.73. The van der Waals surface area contributed by atoms with Gasteiger partial charge in [0.15, 0.2) is 5.78 Å². The number of carbonyl (C=O) groups excluding carboxylic acids is 2. The van der Waals surface area contributed by atoms with Gasteiger partial charge in [-0.2, -0.15) is 0 Å². The van der Waals surface area contributed by atoms with Crippen LogP contribution in [-0.2, 0) is 4.79 Å². The molecular weight excluding hydrogens is 407 g/mol. The molecular formula is C20H25Cl3N2O2. The minimum atomic E-state index is -0.411. The van der Waals surface area contributed by atoms with Crippen LogP contribution in [0.3, 0.4) is 0 Å². The molecule has 2 atom stereocenters. The Morgan fingerprint density at radius 1 is 1.04 bits per heavy atom. The summed E-state index contributed by atoms with van der Waals surface area (Å²) in [5.74, 6) is -0.337. The van der Waals surface area contributed by atoms with Crippen molar-refractivity contribution in [2.24, 2.45) is 0 Å². The van der Waals surface area contributed by atoms with Gasteiger partial charge in [-0.1, -0.05) is 23.2 Å². The van der Waals surface area contributed by atoms with Gasteiger partial charge in [0, 0.05) is 31.1 Å². The highest BCUT2D eigenvalue weighted by Gasteiger charge is 2.40. The number of piperidine rings is 1. The van der Waals surface area contributed by atoms with E-state index in [2.05, 4.69) is 4.90 Å². The number of nitrogens with zero attached hydrogens (tertiary/aromatic N) is 2. The molecule has 0 N–H and O–H groups in total. The summed E-state index contributed by atoms with van der Waals surface area (Å²) in [5, 5.41) is 0.780. The topological polar surface area (TPSA) is 40.6 Å². The molecule has 1 aromatic rings. The fourth-order valence-corrected chi connectivity index (χ4v) is 5.00. The summed E-state index contributed by atoms with van der Waals surface area (Å²) >= 11 is 12.2. The lowest BCUT2D eigenvalue weighted by Gasteiger charge is -2.39. The standard InChI is InChI=1S/C20H24Cl2N2O2.ClH/c21-17-9-14-15(10-18(17)22)19(25)11-16(14)20(26)24-8-2-1-5-13(24)12-23-6-3-4-7-23;/h9-10,13,16H,1-8,11-12H2;1H/t13-,16+;/m0./s1. The molecule has 4 nitrogen and oxygen atoms in total. The number of ketones is 1. The number of hydrogen-bond acceptors (Lipinski definition) is 3. The third-order valence-corrected chi connectivity index (χ3v) is 6.76. The molecule has 27 heavy (non-hydrogen) atoms. The summed E-state index contributed by atoms with van der Waals surface area (Å²) in [5.41, 5.74) is 1.31. The third kappa shape index (κ3) is 4.14. The van der Waals surface area contributed by atoms with Crippen molar-refractivity contribution in [1.29, 1.82) is 0 Å². The summed E-state index contributed by atoms with van der Waals surface area (Å²) in [6, 6.07) is 3.59. The number of benzene rings is 1. The molecule has 1 aliphatic carbocycles. The Morgan fingerprint density at radius 3 is 2.44 bits per heavy atom. The molecule has 3 aliphatic rings. The second-order valence-electron chi connectivity index (χ2n) is 7.72. The van der Waals surface area contributed by atoms with Gasteiger partial charge in [0.25, 0.3) is 0 Å². The second kappa shape index (κ2) is 8.69. The molecule has 2 saturated heterocycles. The number of carbonyl (C=O) groups is 2. The molecule has 0 spiro atoms. The van der Waals surface area contributed by atoms with Crippen molar-refractivity contribution >= 4 is 47.3 Å². The maximum atomic E-state index is 13.4. The second-order valence-corrected chi connectivity index (χ2v) is 8.54. The quantitative estimate of drug-likeness (QED) is 0.704. The van der Waals surface area contributed by atoms with Crippen molar-refractivity contribution < 1.29 is 9.59 Å². The Morgan fingerprint density at radius 2 is 1.70 bits per heavy atom. The van der Waals surface area contributed by atoms with Crippen LogP contribution in [-0.4, -0.2) is 53.7 Å². The van der Waals surface area contributed by atoms with Crippen LogP contribution in [0.15, 0.2) is 12.1 Å². The molecule has 1 aromatic carbocycles. The molecule has 2 aliphatic heterocycles. The predicted octanol–water partition coefficient (Wildman–Crippen LogP) is 4.56. The van der Waals surface area contributed by atoms with E-state index in [9.17, 15) is 9.59 Å². The lowest BCUT2D eigenvalue weighted by molar-refractivity contribution is -0.136. The third-order valence-electron chi connectivity index (χ3n) is 6.03. The van der Waals surface area contributed by atoms with E-state index < -0.39 is 5.92 Å². The maximum Gasteiger partial charge on any atom is 0.230 e.